The normalized spacial score (nSPS) is 16.2. The molecule has 2 aromatic carbocycles. The Morgan fingerprint density at radius 3 is 2.05 bits per heavy atom. The maximum atomic E-state index is 6.15. The lowest BCUT2D eigenvalue weighted by atomic mass is 9.91. The largest absolute Gasteiger partial charge is 0.485 e. The van der Waals surface area contributed by atoms with Crippen LogP contribution in [0.2, 0.25) is 20.1 Å². The zero-order chi connectivity index (χ0) is 15.7. The van der Waals surface area contributed by atoms with Crippen molar-refractivity contribution >= 4 is 46.4 Å². The molecule has 1 aliphatic heterocycles. The van der Waals surface area contributed by atoms with Gasteiger partial charge in [0.1, 0.15) is 11.9 Å². The van der Waals surface area contributed by atoms with Crippen LogP contribution < -0.4 is 10.1 Å². The van der Waals surface area contributed by atoms with Gasteiger partial charge in [0.15, 0.2) is 0 Å². The van der Waals surface area contributed by atoms with Gasteiger partial charge >= 0.3 is 0 Å². The topological polar surface area (TPSA) is 21.3 Å². The predicted octanol–water partition coefficient (Wildman–Crippen LogP) is 5.64. The Hall–Kier alpha value is -0.640. The molecule has 0 aliphatic carbocycles. The number of nitrogens with one attached hydrogen (secondary N) is 1. The molecule has 0 spiro atoms. The molecular formula is C16H13Cl4NO. The van der Waals surface area contributed by atoms with Crippen LogP contribution in [0.3, 0.4) is 0 Å². The standard InChI is InChI=1S/C16H13Cl4NO/c17-12-3-1-9(5-14(12)19)16(10-7-21-8-10)22-11-2-4-13(18)15(20)6-11/h1-6,10,16,21H,7-8H2/t16-/m1/s1. The molecule has 1 N–H and O–H groups in total. The number of ether oxygens (including phenoxy) is 1. The van der Waals surface area contributed by atoms with Crippen LogP contribution in [0, 0.1) is 5.92 Å². The molecule has 1 atom stereocenters. The van der Waals surface area contributed by atoms with Gasteiger partial charge in [-0.2, -0.15) is 0 Å². The lowest BCUT2D eigenvalue weighted by Gasteiger charge is -2.35. The first-order valence-corrected chi connectivity index (χ1v) is 8.33. The fraction of sp³-hybridized carbons (Fsp3) is 0.250. The first-order chi connectivity index (χ1) is 10.5. The summed E-state index contributed by atoms with van der Waals surface area (Å²) in [4.78, 5) is 0. The molecule has 2 nitrogen and oxygen atoms in total. The Bertz CT molecular complexity index is 688. The maximum absolute atomic E-state index is 6.15. The summed E-state index contributed by atoms with van der Waals surface area (Å²) in [5.41, 5.74) is 0.993. The van der Waals surface area contributed by atoms with Gasteiger partial charge in [0.05, 0.1) is 20.1 Å². The molecule has 1 aliphatic rings. The van der Waals surface area contributed by atoms with E-state index in [9.17, 15) is 0 Å². The smallest absolute Gasteiger partial charge is 0.129 e. The van der Waals surface area contributed by atoms with Crippen LogP contribution in [0.5, 0.6) is 5.75 Å². The molecule has 1 fully saturated rings. The van der Waals surface area contributed by atoms with E-state index in [1.807, 2.05) is 18.2 Å². The Balaban J connectivity index is 1.89. The molecule has 22 heavy (non-hydrogen) atoms. The quantitative estimate of drug-likeness (QED) is 0.745. The summed E-state index contributed by atoms with van der Waals surface area (Å²) in [6.45, 7) is 1.79. The molecule has 2 aromatic rings. The summed E-state index contributed by atoms with van der Waals surface area (Å²) in [6, 6.07) is 10.8. The summed E-state index contributed by atoms with van der Waals surface area (Å²) in [7, 11) is 0. The fourth-order valence-electron chi connectivity index (χ4n) is 2.35. The molecule has 1 saturated heterocycles. The molecule has 6 heteroatoms. The van der Waals surface area contributed by atoms with E-state index in [1.165, 1.54) is 0 Å². The third-order valence-corrected chi connectivity index (χ3v) is 5.15. The van der Waals surface area contributed by atoms with E-state index >= 15 is 0 Å². The second-order valence-electron chi connectivity index (χ2n) is 5.21. The lowest BCUT2D eigenvalue weighted by Crippen LogP contribution is -2.46. The summed E-state index contributed by atoms with van der Waals surface area (Å²) in [6.07, 6.45) is -0.117. The number of halogens is 4. The van der Waals surface area contributed by atoms with Crippen molar-refractivity contribution in [3.63, 3.8) is 0 Å². The number of hydrogen-bond donors (Lipinski definition) is 1. The van der Waals surface area contributed by atoms with Crippen LogP contribution in [0.1, 0.15) is 11.7 Å². The Kier molecular flexibility index (Phi) is 5.06. The first-order valence-electron chi connectivity index (χ1n) is 6.82. The molecular weight excluding hydrogens is 364 g/mol. The maximum Gasteiger partial charge on any atom is 0.129 e. The van der Waals surface area contributed by atoms with Crippen LogP contribution in [0.25, 0.3) is 0 Å². The van der Waals surface area contributed by atoms with Crippen molar-refractivity contribution in [3.05, 3.63) is 62.1 Å². The van der Waals surface area contributed by atoms with Gasteiger partial charge in [0.2, 0.25) is 0 Å². The van der Waals surface area contributed by atoms with Crippen molar-refractivity contribution in [1.82, 2.24) is 5.32 Å². The van der Waals surface area contributed by atoms with Crippen LogP contribution in [0.15, 0.2) is 36.4 Å². The summed E-state index contributed by atoms with van der Waals surface area (Å²) >= 11 is 24.1. The van der Waals surface area contributed by atoms with Gasteiger partial charge in [0.25, 0.3) is 0 Å². The minimum Gasteiger partial charge on any atom is -0.485 e. The van der Waals surface area contributed by atoms with Gasteiger partial charge in [-0.3, -0.25) is 0 Å². The number of rotatable bonds is 4. The Labute approximate surface area is 149 Å². The highest BCUT2D eigenvalue weighted by Gasteiger charge is 2.30. The van der Waals surface area contributed by atoms with Crippen LogP contribution >= 0.6 is 46.4 Å². The minimum atomic E-state index is -0.117. The highest BCUT2D eigenvalue weighted by atomic mass is 35.5. The van der Waals surface area contributed by atoms with E-state index in [-0.39, 0.29) is 6.10 Å². The van der Waals surface area contributed by atoms with Gasteiger partial charge in [0, 0.05) is 25.1 Å². The van der Waals surface area contributed by atoms with E-state index in [2.05, 4.69) is 5.32 Å². The SMILES string of the molecule is Clc1ccc(O[C@H](c2ccc(Cl)c(Cl)c2)C2CNC2)cc1Cl. The second-order valence-corrected chi connectivity index (χ2v) is 6.84. The van der Waals surface area contributed by atoms with Crippen molar-refractivity contribution in [1.29, 1.82) is 0 Å². The molecule has 0 aromatic heterocycles. The number of benzene rings is 2. The lowest BCUT2D eigenvalue weighted by molar-refractivity contribution is 0.0993. The highest BCUT2D eigenvalue weighted by Crippen LogP contribution is 2.35. The minimum absolute atomic E-state index is 0.117. The van der Waals surface area contributed by atoms with E-state index in [4.69, 9.17) is 51.1 Å². The van der Waals surface area contributed by atoms with Gasteiger partial charge < -0.3 is 10.1 Å². The Morgan fingerprint density at radius 1 is 0.864 bits per heavy atom. The zero-order valence-corrected chi connectivity index (χ0v) is 14.5. The van der Waals surface area contributed by atoms with Crippen molar-refractivity contribution in [2.24, 2.45) is 5.92 Å². The second kappa shape index (κ2) is 6.86. The van der Waals surface area contributed by atoms with Gasteiger partial charge in [-0.25, -0.2) is 0 Å². The van der Waals surface area contributed by atoms with Gasteiger partial charge in [-0.05, 0) is 29.8 Å². The van der Waals surface area contributed by atoms with E-state index in [1.54, 1.807) is 18.2 Å². The molecule has 1 heterocycles. The summed E-state index contributed by atoms with van der Waals surface area (Å²) in [5, 5.41) is 5.29. The molecule has 0 unspecified atom stereocenters. The third kappa shape index (κ3) is 3.47. The molecule has 116 valence electrons. The summed E-state index contributed by atoms with van der Waals surface area (Å²) in [5.74, 6) is 1.05. The molecule has 0 bridgehead atoms. The molecule has 0 radical (unpaired) electrons. The third-order valence-electron chi connectivity index (χ3n) is 3.67. The van der Waals surface area contributed by atoms with Gasteiger partial charge in [-0.15, -0.1) is 0 Å². The molecule has 3 rings (SSSR count). The van der Waals surface area contributed by atoms with E-state index in [0.717, 1.165) is 18.7 Å². The van der Waals surface area contributed by atoms with Crippen molar-refractivity contribution in [2.45, 2.75) is 6.10 Å². The van der Waals surface area contributed by atoms with E-state index in [0.29, 0.717) is 31.8 Å². The summed E-state index contributed by atoms with van der Waals surface area (Å²) < 4.78 is 6.15. The van der Waals surface area contributed by atoms with Crippen molar-refractivity contribution < 1.29 is 4.74 Å². The average molecular weight is 377 g/mol. The first kappa shape index (κ1) is 16.2. The van der Waals surface area contributed by atoms with Gasteiger partial charge in [-0.1, -0.05) is 52.5 Å². The van der Waals surface area contributed by atoms with E-state index < -0.39 is 0 Å². The zero-order valence-electron chi connectivity index (χ0n) is 11.5. The van der Waals surface area contributed by atoms with Crippen LogP contribution in [-0.2, 0) is 0 Å². The van der Waals surface area contributed by atoms with Crippen LogP contribution in [-0.4, -0.2) is 13.1 Å². The Morgan fingerprint density at radius 2 is 1.50 bits per heavy atom. The fourth-order valence-corrected chi connectivity index (χ4v) is 2.94. The molecule has 0 saturated carbocycles. The van der Waals surface area contributed by atoms with Crippen LogP contribution in [0.4, 0.5) is 0 Å². The van der Waals surface area contributed by atoms with Crippen molar-refractivity contribution in [2.75, 3.05) is 13.1 Å². The molecule has 0 amide bonds. The monoisotopic (exact) mass is 375 g/mol. The van der Waals surface area contributed by atoms with Crippen molar-refractivity contribution in [3.8, 4) is 5.75 Å². The highest BCUT2D eigenvalue weighted by molar-refractivity contribution is 6.42. The average Bonchev–Trinajstić information content (AvgIpc) is 2.43. The number of hydrogen-bond acceptors (Lipinski definition) is 2. The predicted molar refractivity (Wildman–Crippen MR) is 92.7 cm³/mol.